The number of fused-ring (bicyclic) bond motifs is 5. The van der Waals surface area contributed by atoms with Gasteiger partial charge in [-0.25, -0.2) is 0 Å². The van der Waals surface area contributed by atoms with Crippen LogP contribution in [-0.2, 0) is 38.1 Å². The van der Waals surface area contributed by atoms with Crippen LogP contribution in [0.5, 0.6) is 0 Å². The van der Waals surface area contributed by atoms with Gasteiger partial charge in [0.15, 0.2) is 0 Å². The van der Waals surface area contributed by atoms with Crippen molar-refractivity contribution in [3.8, 4) is 0 Å². The summed E-state index contributed by atoms with van der Waals surface area (Å²) in [6.45, 7) is 16.0. The van der Waals surface area contributed by atoms with E-state index in [-0.39, 0.29) is 17.3 Å². The zero-order chi connectivity index (χ0) is 31.7. The number of carbonyl (C=O) groups excluding carboxylic acids is 4. The maximum absolute atomic E-state index is 12.9. The van der Waals surface area contributed by atoms with E-state index < -0.39 is 70.5 Å². The Bertz CT molecular complexity index is 1330. The molecule has 5 rings (SSSR count). The molecular weight excluding hydrogens is 552 g/mol. The van der Waals surface area contributed by atoms with Crippen molar-refractivity contribution in [1.29, 1.82) is 0 Å². The Morgan fingerprint density at radius 3 is 2.00 bits per heavy atom. The van der Waals surface area contributed by atoms with Crippen molar-refractivity contribution in [2.45, 2.75) is 118 Å². The fraction of sp³-hybridized carbons (Fsp3) is 0.706. The van der Waals surface area contributed by atoms with Crippen molar-refractivity contribution >= 4 is 23.9 Å². The second kappa shape index (κ2) is 10.5. The van der Waals surface area contributed by atoms with E-state index in [9.17, 15) is 19.2 Å². The SMILES string of the molecule is CC(=O)O[C@H]1[C@@H](OC(C)=O)[C@@]2(C)C3=CC[C@@H](c4ccoc4)[C@]3(C)CC[C@@H]2[C@@]2(C)[C@@H](OC(C)=O)C[C@@H](OC(C)=O)C(C)(C)[C@H]12. The molecule has 1 heterocycles. The van der Waals surface area contributed by atoms with Gasteiger partial charge in [0.1, 0.15) is 24.4 Å². The number of allylic oxidation sites excluding steroid dienone is 1. The number of rotatable bonds is 5. The molecule has 0 aliphatic heterocycles. The summed E-state index contributed by atoms with van der Waals surface area (Å²) in [6.07, 6.45) is 5.55. The molecule has 0 unspecified atom stereocenters. The molecule has 0 saturated heterocycles. The molecule has 4 aliphatic carbocycles. The van der Waals surface area contributed by atoms with E-state index in [1.165, 1.54) is 33.3 Å². The first-order valence-corrected chi connectivity index (χ1v) is 15.4. The number of hydrogen-bond acceptors (Lipinski definition) is 9. The summed E-state index contributed by atoms with van der Waals surface area (Å²) in [5.74, 6) is -2.27. The molecule has 1 aromatic rings. The summed E-state index contributed by atoms with van der Waals surface area (Å²) < 4.78 is 30.0. The molecule has 1 aromatic heterocycles. The lowest BCUT2D eigenvalue weighted by atomic mass is 9.35. The lowest BCUT2D eigenvalue weighted by Gasteiger charge is -2.71. The van der Waals surface area contributed by atoms with Crippen molar-refractivity contribution in [2.24, 2.45) is 33.5 Å². The predicted octanol–water partition coefficient (Wildman–Crippen LogP) is 5.91. The Kier molecular flexibility index (Phi) is 7.66. The number of furan rings is 1. The van der Waals surface area contributed by atoms with Crippen LogP contribution in [0.4, 0.5) is 0 Å². The van der Waals surface area contributed by atoms with Crippen LogP contribution in [0.2, 0.25) is 0 Å². The van der Waals surface area contributed by atoms with Gasteiger partial charge in [0.25, 0.3) is 0 Å². The minimum atomic E-state index is -0.893. The van der Waals surface area contributed by atoms with E-state index in [0.717, 1.165) is 24.8 Å². The molecule has 0 amide bonds. The zero-order valence-electron chi connectivity index (χ0n) is 26.9. The molecule has 4 aliphatic rings. The minimum Gasteiger partial charge on any atom is -0.472 e. The predicted molar refractivity (Wildman–Crippen MR) is 155 cm³/mol. The maximum Gasteiger partial charge on any atom is 0.303 e. The Labute approximate surface area is 254 Å². The van der Waals surface area contributed by atoms with E-state index in [2.05, 4.69) is 26.8 Å². The number of hydrogen-bond donors (Lipinski definition) is 0. The van der Waals surface area contributed by atoms with Crippen LogP contribution in [0.25, 0.3) is 0 Å². The molecule has 10 atom stereocenters. The summed E-state index contributed by atoms with van der Waals surface area (Å²) in [5, 5.41) is 0. The van der Waals surface area contributed by atoms with Gasteiger partial charge >= 0.3 is 23.9 Å². The topological polar surface area (TPSA) is 118 Å². The third-order valence-corrected chi connectivity index (χ3v) is 11.7. The third kappa shape index (κ3) is 4.63. The molecule has 9 nitrogen and oxygen atoms in total. The molecule has 3 saturated carbocycles. The van der Waals surface area contributed by atoms with Gasteiger partial charge in [-0.1, -0.05) is 46.3 Å². The van der Waals surface area contributed by atoms with Crippen molar-refractivity contribution < 1.29 is 42.5 Å². The highest BCUT2D eigenvalue weighted by molar-refractivity contribution is 5.69. The van der Waals surface area contributed by atoms with E-state index >= 15 is 0 Å². The van der Waals surface area contributed by atoms with Gasteiger partial charge in [0.2, 0.25) is 0 Å². The lowest BCUT2D eigenvalue weighted by Crippen LogP contribution is -2.75. The smallest absolute Gasteiger partial charge is 0.303 e. The van der Waals surface area contributed by atoms with Crippen molar-refractivity contribution in [3.63, 3.8) is 0 Å². The van der Waals surface area contributed by atoms with Gasteiger partial charge in [-0.3, -0.25) is 19.2 Å². The second-order valence-corrected chi connectivity index (χ2v) is 14.5. The Morgan fingerprint density at radius 2 is 1.44 bits per heavy atom. The Balaban J connectivity index is 1.76. The van der Waals surface area contributed by atoms with Gasteiger partial charge in [-0.2, -0.15) is 0 Å². The van der Waals surface area contributed by atoms with Crippen molar-refractivity contribution in [3.05, 3.63) is 35.8 Å². The van der Waals surface area contributed by atoms with Crippen LogP contribution < -0.4 is 0 Å². The highest BCUT2D eigenvalue weighted by atomic mass is 16.6. The number of ether oxygens (including phenoxy) is 4. The molecule has 0 bridgehead atoms. The number of carbonyl (C=O) groups is 4. The first-order valence-electron chi connectivity index (χ1n) is 15.4. The summed E-state index contributed by atoms with van der Waals surface area (Å²) in [4.78, 5) is 50.7. The van der Waals surface area contributed by atoms with E-state index in [1.807, 2.05) is 19.9 Å². The van der Waals surface area contributed by atoms with Crippen LogP contribution in [0, 0.1) is 33.5 Å². The molecule has 0 radical (unpaired) electrons. The molecular formula is C34H46O9. The molecule has 0 N–H and O–H groups in total. The quantitative estimate of drug-likeness (QED) is 0.232. The molecule has 3 fully saturated rings. The second-order valence-electron chi connectivity index (χ2n) is 14.5. The van der Waals surface area contributed by atoms with E-state index in [0.29, 0.717) is 6.42 Å². The largest absolute Gasteiger partial charge is 0.472 e. The van der Waals surface area contributed by atoms with Gasteiger partial charge in [-0.15, -0.1) is 0 Å². The van der Waals surface area contributed by atoms with Gasteiger partial charge in [0, 0.05) is 56.3 Å². The van der Waals surface area contributed by atoms with Gasteiger partial charge in [0.05, 0.1) is 12.5 Å². The molecule has 9 heteroatoms. The van der Waals surface area contributed by atoms with Crippen LogP contribution in [0.3, 0.4) is 0 Å². The van der Waals surface area contributed by atoms with E-state index in [4.69, 9.17) is 23.4 Å². The molecule has 236 valence electrons. The molecule has 43 heavy (non-hydrogen) atoms. The third-order valence-electron chi connectivity index (χ3n) is 11.7. The first-order chi connectivity index (χ1) is 20.0. The molecule has 0 spiro atoms. The lowest BCUT2D eigenvalue weighted by molar-refractivity contribution is -0.297. The normalized spacial score (nSPS) is 41.0. The fourth-order valence-electron chi connectivity index (χ4n) is 10.4. The zero-order valence-corrected chi connectivity index (χ0v) is 26.9. The Hall–Kier alpha value is -3.10. The average molecular weight is 599 g/mol. The maximum atomic E-state index is 12.9. The van der Waals surface area contributed by atoms with Gasteiger partial charge < -0.3 is 23.4 Å². The van der Waals surface area contributed by atoms with Crippen LogP contribution >= 0.6 is 0 Å². The van der Waals surface area contributed by atoms with Crippen molar-refractivity contribution in [1.82, 2.24) is 0 Å². The summed E-state index contributed by atoms with van der Waals surface area (Å²) in [5.41, 5.74) is -0.192. The van der Waals surface area contributed by atoms with Crippen LogP contribution in [-0.4, -0.2) is 48.3 Å². The average Bonchev–Trinajstić information content (AvgIpc) is 3.51. The van der Waals surface area contributed by atoms with Crippen LogP contribution in [0.1, 0.15) is 99.5 Å². The van der Waals surface area contributed by atoms with E-state index in [1.54, 1.807) is 12.5 Å². The molecule has 0 aromatic carbocycles. The summed E-state index contributed by atoms with van der Waals surface area (Å²) in [6, 6.07) is 2.01. The van der Waals surface area contributed by atoms with Crippen LogP contribution in [0.15, 0.2) is 34.7 Å². The summed E-state index contributed by atoms with van der Waals surface area (Å²) >= 11 is 0. The number of esters is 4. The van der Waals surface area contributed by atoms with Gasteiger partial charge in [-0.05, 0) is 48.1 Å². The monoisotopic (exact) mass is 598 g/mol. The standard InChI is InChI=1S/C34H46O9/c1-18(35)40-26-16-27(41-19(2)36)34(9)25-12-14-32(7)23(22-13-15-39-17-22)10-11-24(32)33(25,8)30(43-21(4)38)28(42-20(3)37)29(34)31(26,5)6/h11,13,15,17,23,25-30H,10,12,14,16H2,1-9H3/t23-,25-,26+,27-,28+,29-,30+,32-,33-,34-/m0/s1. The summed E-state index contributed by atoms with van der Waals surface area (Å²) in [7, 11) is 0. The highest BCUT2D eigenvalue weighted by Gasteiger charge is 2.76. The fourth-order valence-corrected chi connectivity index (χ4v) is 10.4. The Morgan fingerprint density at radius 1 is 0.837 bits per heavy atom. The first kappa shape index (κ1) is 31.3. The minimum absolute atomic E-state index is 0.120. The highest BCUT2D eigenvalue weighted by Crippen LogP contribution is 2.74. The van der Waals surface area contributed by atoms with Crippen molar-refractivity contribution in [2.75, 3.05) is 0 Å².